The molecule has 3 aromatic rings. The van der Waals surface area contributed by atoms with E-state index in [1.165, 1.54) is 16.6 Å². The summed E-state index contributed by atoms with van der Waals surface area (Å²) in [7, 11) is -2.19. The van der Waals surface area contributed by atoms with Crippen molar-refractivity contribution in [2.75, 3.05) is 25.0 Å². The first-order chi connectivity index (χ1) is 15.1. The number of aromatic nitrogens is 2. The molecule has 0 bridgehead atoms. The molecule has 32 heavy (non-hydrogen) atoms. The summed E-state index contributed by atoms with van der Waals surface area (Å²) in [6.45, 7) is 7.81. The number of aromatic amines is 1. The first-order valence-corrected chi connectivity index (χ1v) is 11.3. The molecule has 0 unspecified atom stereocenters. The minimum atomic E-state index is -4.62. The highest BCUT2D eigenvalue weighted by atomic mass is 32.2. The molecule has 3 heterocycles. The summed E-state index contributed by atoms with van der Waals surface area (Å²) in [6.07, 6.45) is -0.422. The number of hydrogen-bond donors (Lipinski definition) is 1. The van der Waals surface area contributed by atoms with Gasteiger partial charge in [0.15, 0.2) is 0 Å². The highest BCUT2D eigenvalue weighted by molar-refractivity contribution is 7.89. The number of hydrogen-bond acceptors (Lipinski definition) is 4. The van der Waals surface area contributed by atoms with Crippen molar-refractivity contribution in [2.45, 2.75) is 30.0 Å². The molecule has 1 aliphatic heterocycles. The third-order valence-corrected chi connectivity index (χ3v) is 7.68. The van der Waals surface area contributed by atoms with Gasteiger partial charge in [-0.15, -0.1) is 0 Å². The molecule has 11 heteroatoms. The zero-order valence-corrected chi connectivity index (χ0v) is 17.9. The Balaban J connectivity index is 1.54. The molecule has 168 valence electrons. The SMILES string of the molecule is [C-]#[N+]c1cnc2[nH]ccc2c1N(C)C1CCN(S(=O)(=O)c2cccc(C(F)(F)F)c2)CC1. The van der Waals surface area contributed by atoms with Crippen molar-refractivity contribution < 1.29 is 21.6 Å². The summed E-state index contributed by atoms with van der Waals surface area (Å²) >= 11 is 0. The number of alkyl halides is 3. The lowest BCUT2D eigenvalue weighted by atomic mass is 10.0. The largest absolute Gasteiger partial charge is 0.416 e. The molecule has 0 atom stereocenters. The number of piperidine rings is 1. The van der Waals surface area contributed by atoms with Gasteiger partial charge in [0, 0.05) is 44.0 Å². The maximum absolute atomic E-state index is 13.0. The molecule has 1 N–H and O–H groups in total. The molecule has 0 amide bonds. The van der Waals surface area contributed by atoms with Crippen LogP contribution in [0.15, 0.2) is 47.6 Å². The average Bonchev–Trinajstić information content (AvgIpc) is 3.26. The number of fused-ring (bicyclic) bond motifs is 1. The predicted octanol–water partition coefficient (Wildman–Crippen LogP) is 4.42. The van der Waals surface area contributed by atoms with Gasteiger partial charge in [-0.25, -0.2) is 13.3 Å². The number of H-pyrrole nitrogens is 1. The number of halogens is 3. The van der Waals surface area contributed by atoms with Crippen LogP contribution in [-0.4, -0.2) is 48.9 Å². The molecular weight excluding hydrogens is 443 g/mol. The Hall–Kier alpha value is -3.10. The third-order valence-electron chi connectivity index (χ3n) is 5.78. The van der Waals surface area contributed by atoms with Crippen molar-refractivity contribution in [3.8, 4) is 0 Å². The molecule has 0 radical (unpaired) electrons. The first kappa shape index (κ1) is 22.1. The Labute approximate surface area is 183 Å². The molecular formula is C21H20F3N5O2S. The van der Waals surface area contributed by atoms with E-state index in [2.05, 4.69) is 14.8 Å². The number of pyridine rings is 1. The molecule has 4 rings (SSSR count). The zero-order valence-electron chi connectivity index (χ0n) is 17.1. The second kappa shape index (κ2) is 8.11. The third kappa shape index (κ3) is 3.91. The number of sulfonamides is 1. The van der Waals surface area contributed by atoms with E-state index in [1.54, 1.807) is 6.20 Å². The van der Waals surface area contributed by atoms with Crippen molar-refractivity contribution in [1.82, 2.24) is 14.3 Å². The topological polar surface area (TPSA) is 73.7 Å². The van der Waals surface area contributed by atoms with Gasteiger partial charge in [-0.1, -0.05) is 6.07 Å². The number of nitrogens with one attached hydrogen (secondary N) is 1. The number of nitrogens with zero attached hydrogens (tertiary/aromatic N) is 4. The highest BCUT2D eigenvalue weighted by Gasteiger charge is 2.35. The Morgan fingerprint density at radius 1 is 1.25 bits per heavy atom. The summed E-state index contributed by atoms with van der Waals surface area (Å²) in [5, 5.41) is 0.806. The molecule has 1 saturated heterocycles. The molecule has 1 aliphatic rings. The monoisotopic (exact) mass is 463 g/mol. The summed E-state index contributed by atoms with van der Waals surface area (Å²) < 4.78 is 66.1. The zero-order chi connectivity index (χ0) is 23.1. The van der Waals surface area contributed by atoms with E-state index in [0.717, 1.165) is 23.2 Å². The maximum atomic E-state index is 13.0. The molecule has 0 saturated carbocycles. The second-order valence-corrected chi connectivity index (χ2v) is 9.55. The fourth-order valence-corrected chi connectivity index (χ4v) is 5.59. The van der Waals surface area contributed by atoms with E-state index >= 15 is 0 Å². The lowest BCUT2D eigenvalue weighted by molar-refractivity contribution is -0.137. The molecule has 1 fully saturated rings. The molecule has 7 nitrogen and oxygen atoms in total. The second-order valence-electron chi connectivity index (χ2n) is 7.62. The van der Waals surface area contributed by atoms with E-state index in [4.69, 9.17) is 6.57 Å². The summed E-state index contributed by atoms with van der Waals surface area (Å²) in [4.78, 5) is 12.4. The average molecular weight is 463 g/mol. The smallest absolute Gasteiger partial charge is 0.380 e. The molecule has 1 aromatic carbocycles. The van der Waals surface area contributed by atoms with Crippen LogP contribution in [0.4, 0.5) is 24.5 Å². The molecule has 0 aliphatic carbocycles. The Morgan fingerprint density at radius 2 is 1.97 bits per heavy atom. The predicted molar refractivity (Wildman–Crippen MR) is 114 cm³/mol. The number of rotatable bonds is 4. The summed E-state index contributed by atoms with van der Waals surface area (Å²) in [5.41, 5.74) is 0.793. The van der Waals surface area contributed by atoms with Crippen LogP contribution in [0.1, 0.15) is 18.4 Å². The van der Waals surface area contributed by atoms with Crippen molar-refractivity contribution in [3.05, 3.63) is 59.7 Å². The lowest BCUT2D eigenvalue weighted by Gasteiger charge is -2.38. The van der Waals surface area contributed by atoms with Crippen LogP contribution >= 0.6 is 0 Å². The van der Waals surface area contributed by atoms with Crippen LogP contribution in [0, 0.1) is 6.57 Å². The minimum Gasteiger partial charge on any atom is -0.380 e. The van der Waals surface area contributed by atoms with Crippen molar-refractivity contribution in [3.63, 3.8) is 0 Å². The minimum absolute atomic E-state index is 0.0380. The van der Waals surface area contributed by atoms with Crippen LogP contribution in [0.3, 0.4) is 0 Å². The van der Waals surface area contributed by atoms with Crippen LogP contribution < -0.4 is 4.90 Å². The van der Waals surface area contributed by atoms with Gasteiger partial charge >= 0.3 is 6.18 Å². The van der Waals surface area contributed by atoms with Crippen LogP contribution in [0.2, 0.25) is 0 Å². The number of benzene rings is 1. The van der Waals surface area contributed by atoms with Crippen molar-refractivity contribution in [2.24, 2.45) is 0 Å². The van der Waals surface area contributed by atoms with E-state index in [0.29, 0.717) is 30.2 Å². The van der Waals surface area contributed by atoms with Gasteiger partial charge in [0.25, 0.3) is 0 Å². The van der Waals surface area contributed by atoms with Gasteiger partial charge in [0.2, 0.25) is 15.7 Å². The molecule has 2 aromatic heterocycles. The van der Waals surface area contributed by atoms with Gasteiger partial charge in [-0.05, 0) is 37.1 Å². The van der Waals surface area contributed by atoms with Crippen molar-refractivity contribution >= 4 is 32.4 Å². The highest BCUT2D eigenvalue weighted by Crippen LogP contribution is 2.37. The standard InChI is InChI=1S/C21H20F3N5O2S/c1-25-18-13-27-20-17(6-9-26-20)19(18)28(2)15-7-10-29(11-8-15)32(30,31)16-5-3-4-14(12-16)21(22,23)24/h3-6,9,12-13,15H,7-8,10-11H2,2H3,(H,26,27). The summed E-state index contributed by atoms with van der Waals surface area (Å²) in [5.74, 6) is 0. The molecule has 0 spiro atoms. The van der Waals surface area contributed by atoms with E-state index in [9.17, 15) is 21.6 Å². The number of anilines is 1. The fourth-order valence-electron chi connectivity index (χ4n) is 4.07. The van der Waals surface area contributed by atoms with E-state index in [-0.39, 0.29) is 24.0 Å². The van der Waals surface area contributed by atoms with E-state index < -0.39 is 21.8 Å². The first-order valence-electron chi connectivity index (χ1n) is 9.86. The lowest BCUT2D eigenvalue weighted by Crippen LogP contribution is -2.45. The van der Waals surface area contributed by atoms with Gasteiger partial charge in [-0.3, -0.25) is 4.98 Å². The van der Waals surface area contributed by atoms with Gasteiger partial charge in [0.1, 0.15) is 5.65 Å². The van der Waals surface area contributed by atoms with Crippen molar-refractivity contribution in [1.29, 1.82) is 0 Å². The van der Waals surface area contributed by atoms with Gasteiger partial charge in [0.05, 0.1) is 22.7 Å². The summed E-state index contributed by atoms with van der Waals surface area (Å²) in [6, 6.07) is 5.62. The van der Waals surface area contributed by atoms with Crippen LogP contribution in [0.5, 0.6) is 0 Å². The normalized spacial score (nSPS) is 16.2. The fraction of sp³-hybridized carbons (Fsp3) is 0.333. The Bertz CT molecular complexity index is 1290. The van der Waals surface area contributed by atoms with Gasteiger partial charge in [-0.2, -0.15) is 17.5 Å². The van der Waals surface area contributed by atoms with Gasteiger partial charge < -0.3 is 9.88 Å². The van der Waals surface area contributed by atoms with Crippen LogP contribution in [-0.2, 0) is 16.2 Å². The Morgan fingerprint density at radius 3 is 2.62 bits per heavy atom. The van der Waals surface area contributed by atoms with E-state index in [1.807, 2.05) is 18.0 Å². The maximum Gasteiger partial charge on any atom is 0.416 e. The Kier molecular flexibility index (Phi) is 5.60. The quantitative estimate of drug-likeness (QED) is 0.582. The van der Waals surface area contributed by atoms with Crippen LogP contribution in [0.25, 0.3) is 15.9 Å².